The predicted molar refractivity (Wildman–Crippen MR) is 115 cm³/mol. The van der Waals surface area contributed by atoms with Crippen molar-refractivity contribution in [1.29, 1.82) is 0 Å². The van der Waals surface area contributed by atoms with Crippen LogP contribution in [-0.2, 0) is 10.5 Å². The Balaban J connectivity index is 0.000000758. The highest BCUT2D eigenvalue weighted by Crippen LogP contribution is 2.39. The molecular weight excluding hydrogens is 360 g/mol. The molecule has 0 bridgehead atoms. The van der Waals surface area contributed by atoms with E-state index in [-0.39, 0.29) is 6.41 Å². The van der Waals surface area contributed by atoms with Crippen molar-refractivity contribution in [3.8, 4) is 0 Å². The second-order valence-corrected chi connectivity index (χ2v) is 7.02. The van der Waals surface area contributed by atoms with Crippen LogP contribution in [0.15, 0.2) is 83.2 Å². The number of thioether (sulfide) groups is 1. The van der Waals surface area contributed by atoms with E-state index in [0.29, 0.717) is 0 Å². The summed E-state index contributed by atoms with van der Waals surface area (Å²) in [5, 5.41) is 2.10. The van der Waals surface area contributed by atoms with Crippen LogP contribution in [0.25, 0.3) is 10.6 Å². The summed E-state index contributed by atoms with van der Waals surface area (Å²) < 4.78 is 0. The molecule has 5 heteroatoms. The molecule has 26 heavy (non-hydrogen) atoms. The number of hydrogen-bond donors (Lipinski definition) is 1. The van der Waals surface area contributed by atoms with E-state index in [1.54, 1.807) is 11.3 Å². The minimum Gasteiger partial charge on any atom is -0.372 e. The Hall–Kier alpha value is -2.63. The third-order valence-corrected chi connectivity index (χ3v) is 5.59. The molecular formula is C21H20N2OS2. The van der Waals surface area contributed by atoms with Crippen LogP contribution in [0.3, 0.4) is 0 Å². The molecule has 2 N–H and O–H groups in total. The van der Waals surface area contributed by atoms with Crippen molar-refractivity contribution >= 4 is 46.8 Å². The Morgan fingerprint density at radius 1 is 1.04 bits per heavy atom. The highest BCUT2D eigenvalue weighted by Gasteiger charge is 2.12. The third-order valence-electron chi connectivity index (χ3n) is 3.39. The number of amides is 1. The molecule has 1 heterocycles. The summed E-state index contributed by atoms with van der Waals surface area (Å²) in [6, 6.07) is 25.0. The molecule has 0 unspecified atom stereocenters. The van der Waals surface area contributed by atoms with Gasteiger partial charge in [-0.2, -0.15) is 0 Å². The van der Waals surface area contributed by atoms with Crippen molar-refractivity contribution in [1.82, 2.24) is 0 Å². The highest BCUT2D eigenvalue weighted by atomic mass is 32.2. The summed E-state index contributed by atoms with van der Waals surface area (Å²) in [5.74, 6) is 0.917. The molecule has 0 saturated heterocycles. The van der Waals surface area contributed by atoms with E-state index < -0.39 is 0 Å². The first-order chi connectivity index (χ1) is 12.8. The van der Waals surface area contributed by atoms with Gasteiger partial charge in [0.15, 0.2) is 0 Å². The van der Waals surface area contributed by atoms with E-state index in [1.165, 1.54) is 15.3 Å². The van der Waals surface area contributed by atoms with Gasteiger partial charge in [0.05, 0.1) is 10.6 Å². The normalized spacial score (nSPS) is 10.9. The second-order valence-electron chi connectivity index (χ2n) is 5.09. The van der Waals surface area contributed by atoms with Gasteiger partial charge in [0, 0.05) is 16.2 Å². The summed E-state index contributed by atoms with van der Waals surface area (Å²) in [5.41, 5.74) is 7.53. The average Bonchev–Trinajstić information content (AvgIpc) is 3.22. The van der Waals surface area contributed by atoms with Crippen molar-refractivity contribution < 1.29 is 4.79 Å². The molecule has 132 valence electrons. The number of thiophene rings is 1. The number of carbonyl (C=O) groups is 1. The van der Waals surface area contributed by atoms with Crippen LogP contribution in [0.2, 0.25) is 0 Å². The Labute approximate surface area is 162 Å². The Bertz CT molecular complexity index is 829. The van der Waals surface area contributed by atoms with E-state index in [4.69, 9.17) is 4.79 Å². The molecule has 0 aliphatic carbocycles. The molecule has 0 atom stereocenters. The Morgan fingerprint density at radius 2 is 1.65 bits per heavy atom. The first kappa shape index (κ1) is 19.7. The van der Waals surface area contributed by atoms with Gasteiger partial charge in [-0.1, -0.05) is 66.7 Å². The predicted octanol–water partition coefficient (Wildman–Crippen LogP) is 5.31. The van der Waals surface area contributed by atoms with Crippen molar-refractivity contribution in [2.24, 2.45) is 10.7 Å². The SMILES string of the molecule is C=N/C(=C(\SCc1ccccc1)c1cccs1)c1ccccc1.NC=O. The lowest BCUT2D eigenvalue weighted by atomic mass is 10.1. The number of primary amides is 1. The minimum atomic E-state index is 0.250. The number of benzene rings is 2. The van der Waals surface area contributed by atoms with Crippen LogP contribution in [0.5, 0.6) is 0 Å². The molecule has 0 fully saturated rings. The number of hydrogen-bond acceptors (Lipinski definition) is 4. The van der Waals surface area contributed by atoms with Crippen molar-refractivity contribution in [2.45, 2.75) is 5.75 Å². The molecule has 3 rings (SSSR count). The minimum absolute atomic E-state index is 0.250. The molecule has 3 aromatic rings. The number of nitrogens with zero attached hydrogens (tertiary/aromatic N) is 1. The van der Waals surface area contributed by atoms with Gasteiger partial charge in [-0.15, -0.1) is 23.1 Å². The first-order valence-electron chi connectivity index (χ1n) is 7.92. The van der Waals surface area contributed by atoms with Gasteiger partial charge >= 0.3 is 0 Å². The summed E-state index contributed by atoms with van der Waals surface area (Å²) >= 11 is 3.55. The van der Waals surface area contributed by atoms with E-state index in [1.807, 2.05) is 36.0 Å². The zero-order valence-corrected chi connectivity index (χ0v) is 15.9. The van der Waals surface area contributed by atoms with Gasteiger partial charge in [-0.25, -0.2) is 0 Å². The fourth-order valence-electron chi connectivity index (χ4n) is 2.28. The smallest absolute Gasteiger partial charge is 0.204 e. The van der Waals surface area contributed by atoms with Crippen molar-refractivity contribution in [3.63, 3.8) is 0 Å². The molecule has 3 nitrogen and oxygen atoms in total. The van der Waals surface area contributed by atoms with E-state index >= 15 is 0 Å². The summed E-state index contributed by atoms with van der Waals surface area (Å²) in [6.45, 7) is 3.81. The van der Waals surface area contributed by atoms with E-state index in [0.717, 1.165) is 17.0 Å². The molecule has 0 aliphatic heterocycles. The molecule has 2 aromatic carbocycles. The molecule has 0 spiro atoms. The number of carbonyl (C=O) groups excluding carboxylic acids is 1. The number of aliphatic imine (C=N–C) groups is 1. The Morgan fingerprint density at radius 3 is 2.19 bits per heavy atom. The van der Waals surface area contributed by atoms with Crippen LogP contribution in [0, 0.1) is 0 Å². The first-order valence-corrected chi connectivity index (χ1v) is 9.79. The van der Waals surface area contributed by atoms with Gasteiger partial charge < -0.3 is 5.73 Å². The molecule has 0 radical (unpaired) electrons. The van der Waals surface area contributed by atoms with Gasteiger partial charge in [-0.05, 0) is 23.7 Å². The van der Waals surface area contributed by atoms with Gasteiger partial charge in [0.1, 0.15) is 0 Å². The van der Waals surface area contributed by atoms with Crippen LogP contribution in [0.4, 0.5) is 0 Å². The number of nitrogens with two attached hydrogens (primary N) is 1. The largest absolute Gasteiger partial charge is 0.372 e. The summed E-state index contributed by atoms with van der Waals surface area (Å²) in [7, 11) is 0. The zero-order chi connectivity index (χ0) is 18.6. The standard InChI is InChI=1S/C20H17NS2.CH3NO/c1-21-19(17-11-6-3-7-12-17)20(18-13-8-14-22-18)23-15-16-9-4-2-5-10-16;2-1-3/h2-14H,1,15H2;1H,(H2,2,3)/b20-19-;. The van der Waals surface area contributed by atoms with Crippen LogP contribution in [0.1, 0.15) is 16.0 Å². The van der Waals surface area contributed by atoms with E-state index in [9.17, 15) is 0 Å². The van der Waals surface area contributed by atoms with Crippen LogP contribution < -0.4 is 5.73 Å². The zero-order valence-electron chi connectivity index (χ0n) is 14.2. The fourth-order valence-corrected chi connectivity index (χ4v) is 4.30. The lowest BCUT2D eigenvalue weighted by molar-refractivity contribution is -0.106. The number of rotatable bonds is 6. The summed E-state index contributed by atoms with van der Waals surface area (Å²) in [6.07, 6.45) is 0.250. The maximum Gasteiger partial charge on any atom is 0.204 e. The van der Waals surface area contributed by atoms with E-state index in [2.05, 4.69) is 71.4 Å². The lowest BCUT2D eigenvalue weighted by Crippen LogP contribution is -1.87. The topological polar surface area (TPSA) is 55.4 Å². The molecule has 1 aromatic heterocycles. The van der Waals surface area contributed by atoms with Crippen LogP contribution in [-0.4, -0.2) is 13.1 Å². The monoisotopic (exact) mass is 380 g/mol. The quantitative estimate of drug-likeness (QED) is 0.465. The highest BCUT2D eigenvalue weighted by molar-refractivity contribution is 8.08. The van der Waals surface area contributed by atoms with Gasteiger partial charge in [-0.3, -0.25) is 9.79 Å². The molecule has 0 aliphatic rings. The average molecular weight is 381 g/mol. The maximum atomic E-state index is 8.58. The maximum absolute atomic E-state index is 8.58. The van der Waals surface area contributed by atoms with Gasteiger partial charge in [0.2, 0.25) is 6.41 Å². The van der Waals surface area contributed by atoms with Gasteiger partial charge in [0.25, 0.3) is 0 Å². The third kappa shape index (κ3) is 5.72. The molecule has 1 amide bonds. The summed E-state index contributed by atoms with van der Waals surface area (Å²) in [4.78, 5) is 15.3. The molecule has 0 saturated carbocycles. The Kier molecular flexibility index (Phi) is 8.39. The van der Waals surface area contributed by atoms with Crippen molar-refractivity contribution in [2.75, 3.05) is 0 Å². The lowest BCUT2D eigenvalue weighted by Gasteiger charge is -2.11. The fraction of sp³-hybridized carbons (Fsp3) is 0.0476. The second kappa shape index (κ2) is 11.1. The van der Waals surface area contributed by atoms with Crippen LogP contribution >= 0.6 is 23.1 Å². The van der Waals surface area contributed by atoms with Crippen molar-refractivity contribution in [3.05, 3.63) is 94.2 Å².